The predicted octanol–water partition coefficient (Wildman–Crippen LogP) is 4.08. The zero-order chi connectivity index (χ0) is 22.7. The van der Waals surface area contributed by atoms with Gasteiger partial charge < -0.3 is 14.8 Å². The van der Waals surface area contributed by atoms with Crippen molar-refractivity contribution in [2.45, 2.75) is 12.7 Å². The normalized spacial score (nSPS) is 15.4. The highest BCUT2D eigenvalue weighted by Gasteiger charge is 2.35. The number of hydrogen-bond acceptors (Lipinski definition) is 5. The van der Waals surface area contributed by atoms with Crippen LogP contribution in [-0.2, 0) is 21.4 Å². The van der Waals surface area contributed by atoms with Crippen LogP contribution in [0.4, 0.5) is 11.4 Å². The van der Waals surface area contributed by atoms with Gasteiger partial charge in [-0.1, -0.05) is 41.9 Å². The first kappa shape index (κ1) is 22.0. The van der Waals surface area contributed by atoms with Crippen molar-refractivity contribution >= 4 is 38.9 Å². The van der Waals surface area contributed by atoms with E-state index in [9.17, 15) is 13.2 Å². The van der Waals surface area contributed by atoms with Gasteiger partial charge in [0.15, 0.2) is 6.10 Å². The van der Waals surface area contributed by atoms with Gasteiger partial charge in [-0.05, 0) is 48.0 Å². The van der Waals surface area contributed by atoms with E-state index in [2.05, 4.69) is 5.32 Å². The molecule has 1 heterocycles. The SMILES string of the molecule is CS(=O)(=O)N1C[C@@H](C(=O)Nc2ccc(OCc3ccccc3)cc2)Oc2ccc(Cl)cc21. The van der Waals surface area contributed by atoms with Crippen molar-refractivity contribution in [2.24, 2.45) is 0 Å². The molecule has 1 aliphatic heterocycles. The van der Waals surface area contributed by atoms with Crippen LogP contribution in [0.25, 0.3) is 0 Å². The number of ether oxygens (including phenoxy) is 2. The maximum absolute atomic E-state index is 12.8. The average Bonchev–Trinajstić information content (AvgIpc) is 2.78. The van der Waals surface area contributed by atoms with Gasteiger partial charge in [0.2, 0.25) is 10.0 Å². The maximum Gasteiger partial charge on any atom is 0.267 e. The second kappa shape index (κ2) is 9.10. The Hall–Kier alpha value is -3.23. The fraction of sp³-hybridized carbons (Fsp3) is 0.174. The van der Waals surface area contributed by atoms with Gasteiger partial charge in [-0.15, -0.1) is 0 Å². The molecule has 1 amide bonds. The van der Waals surface area contributed by atoms with Gasteiger partial charge in [0.1, 0.15) is 18.1 Å². The third-order valence-electron chi connectivity index (χ3n) is 4.85. The number of anilines is 2. The average molecular weight is 473 g/mol. The highest BCUT2D eigenvalue weighted by atomic mass is 35.5. The van der Waals surface area contributed by atoms with Crippen molar-refractivity contribution in [3.05, 3.63) is 83.4 Å². The van der Waals surface area contributed by atoms with Gasteiger partial charge in [0, 0.05) is 10.7 Å². The summed E-state index contributed by atoms with van der Waals surface area (Å²) in [4.78, 5) is 12.8. The number of amides is 1. The Morgan fingerprint density at radius 2 is 1.84 bits per heavy atom. The van der Waals surface area contributed by atoms with E-state index in [4.69, 9.17) is 21.1 Å². The lowest BCUT2D eigenvalue weighted by Crippen LogP contribution is -2.48. The molecule has 7 nitrogen and oxygen atoms in total. The number of rotatable bonds is 6. The summed E-state index contributed by atoms with van der Waals surface area (Å²) in [6.07, 6.45) is 0.0546. The minimum absolute atomic E-state index is 0.156. The Morgan fingerprint density at radius 3 is 2.53 bits per heavy atom. The first-order valence-electron chi connectivity index (χ1n) is 9.81. The summed E-state index contributed by atoms with van der Waals surface area (Å²) in [6.45, 7) is 0.281. The van der Waals surface area contributed by atoms with Crippen LogP contribution in [0.5, 0.6) is 11.5 Å². The van der Waals surface area contributed by atoms with Crippen LogP contribution in [0.15, 0.2) is 72.8 Å². The van der Waals surface area contributed by atoms with Crippen LogP contribution < -0.4 is 19.1 Å². The van der Waals surface area contributed by atoms with Gasteiger partial charge in [-0.2, -0.15) is 0 Å². The molecular weight excluding hydrogens is 452 g/mol. The van der Waals surface area contributed by atoms with Crippen LogP contribution >= 0.6 is 11.6 Å². The first-order valence-corrected chi connectivity index (χ1v) is 12.0. The number of nitrogens with zero attached hydrogens (tertiary/aromatic N) is 1. The summed E-state index contributed by atoms with van der Waals surface area (Å²) >= 11 is 6.00. The Kier molecular flexibility index (Phi) is 6.25. The second-order valence-corrected chi connectivity index (χ2v) is 9.64. The Balaban J connectivity index is 1.43. The van der Waals surface area contributed by atoms with E-state index < -0.39 is 22.0 Å². The number of halogens is 1. The summed E-state index contributed by atoms with van der Waals surface area (Å²) in [5.41, 5.74) is 1.90. The molecule has 0 saturated carbocycles. The molecule has 0 fully saturated rings. The lowest BCUT2D eigenvalue weighted by molar-refractivity contribution is -0.122. The molecular formula is C23H21ClN2O5S. The van der Waals surface area contributed by atoms with E-state index in [1.165, 1.54) is 6.07 Å². The number of carbonyl (C=O) groups is 1. The summed E-state index contributed by atoms with van der Waals surface area (Å²) in [6, 6.07) is 21.3. The molecule has 1 atom stereocenters. The summed E-state index contributed by atoms with van der Waals surface area (Å²) in [5.74, 6) is 0.475. The van der Waals surface area contributed by atoms with E-state index in [0.717, 1.165) is 16.1 Å². The fourth-order valence-corrected chi connectivity index (χ4v) is 4.35. The van der Waals surface area contributed by atoms with Crippen molar-refractivity contribution in [3.8, 4) is 11.5 Å². The summed E-state index contributed by atoms with van der Waals surface area (Å²) in [7, 11) is -3.63. The zero-order valence-electron chi connectivity index (χ0n) is 17.2. The van der Waals surface area contributed by atoms with E-state index in [1.807, 2.05) is 30.3 Å². The molecule has 0 aromatic heterocycles. The third kappa shape index (κ3) is 5.15. The van der Waals surface area contributed by atoms with Gasteiger partial charge in [0.05, 0.1) is 18.5 Å². The van der Waals surface area contributed by atoms with Gasteiger partial charge >= 0.3 is 0 Å². The smallest absolute Gasteiger partial charge is 0.267 e. The highest BCUT2D eigenvalue weighted by molar-refractivity contribution is 7.92. The van der Waals surface area contributed by atoms with Gasteiger partial charge in [0.25, 0.3) is 5.91 Å². The quantitative estimate of drug-likeness (QED) is 0.584. The Bertz CT molecular complexity index is 1220. The predicted molar refractivity (Wildman–Crippen MR) is 124 cm³/mol. The minimum atomic E-state index is -3.63. The van der Waals surface area contributed by atoms with Crippen LogP contribution in [0.1, 0.15) is 5.56 Å². The van der Waals surface area contributed by atoms with Crippen molar-refractivity contribution < 1.29 is 22.7 Å². The fourth-order valence-electron chi connectivity index (χ4n) is 3.27. The number of fused-ring (bicyclic) bond motifs is 1. The zero-order valence-corrected chi connectivity index (χ0v) is 18.8. The Morgan fingerprint density at radius 1 is 1.12 bits per heavy atom. The van der Waals surface area contributed by atoms with Crippen LogP contribution in [0.2, 0.25) is 5.02 Å². The molecule has 166 valence electrons. The van der Waals surface area contributed by atoms with Gasteiger partial charge in [-0.3, -0.25) is 9.10 Å². The molecule has 32 heavy (non-hydrogen) atoms. The monoisotopic (exact) mass is 472 g/mol. The van der Waals surface area contributed by atoms with Crippen LogP contribution in [0, 0.1) is 0 Å². The van der Waals surface area contributed by atoms with Crippen LogP contribution in [-0.4, -0.2) is 33.2 Å². The van der Waals surface area contributed by atoms with E-state index in [1.54, 1.807) is 36.4 Å². The molecule has 0 spiro atoms. The molecule has 3 aromatic carbocycles. The lowest BCUT2D eigenvalue weighted by atomic mass is 10.2. The highest BCUT2D eigenvalue weighted by Crippen LogP contribution is 2.37. The third-order valence-corrected chi connectivity index (χ3v) is 6.24. The van der Waals surface area contributed by atoms with Crippen molar-refractivity contribution in [1.29, 1.82) is 0 Å². The topological polar surface area (TPSA) is 84.9 Å². The molecule has 0 radical (unpaired) electrons. The lowest BCUT2D eigenvalue weighted by Gasteiger charge is -2.34. The molecule has 0 aliphatic carbocycles. The molecule has 4 rings (SSSR count). The van der Waals surface area contributed by atoms with Crippen molar-refractivity contribution in [2.75, 3.05) is 22.4 Å². The van der Waals surface area contributed by atoms with E-state index >= 15 is 0 Å². The number of carbonyl (C=O) groups excluding carboxylic acids is 1. The van der Waals surface area contributed by atoms with Crippen LogP contribution in [0.3, 0.4) is 0 Å². The van der Waals surface area contributed by atoms with E-state index in [0.29, 0.717) is 28.8 Å². The first-order chi connectivity index (χ1) is 15.3. The maximum atomic E-state index is 12.8. The minimum Gasteiger partial charge on any atom is -0.489 e. The molecule has 9 heteroatoms. The van der Waals surface area contributed by atoms with Gasteiger partial charge in [-0.25, -0.2) is 8.42 Å². The molecule has 3 aromatic rings. The molecule has 0 saturated heterocycles. The Labute approximate surface area is 191 Å². The number of hydrogen-bond donors (Lipinski definition) is 1. The largest absolute Gasteiger partial charge is 0.489 e. The molecule has 1 aliphatic rings. The van der Waals surface area contributed by atoms with Crippen molar-refractivity contribution in [3.63, 3.8) is 0 Å². The summed E-state index contributed by atoms with van der Waals surface area (Å²) in [5, 5.41) is 3.13. The standard InChI is InChI=1S/C23H21ClN2O5S/c1-32(28,29)26-14-22(31-21-12-7-17(24)13-20(21)26)23(27)25-18-8-10-19(11-9-18)30-15-16-5-3-2-4-6-16/h2-13,22H,14-15H2,1H3,(H,25,27)/t22-/m0/s1. The molecule has 0 bridgehead atoms. The summed E-state index contributed by atoms with van der Waals surface area (Å²) < 4.78 is 37.2. The van der Waals surface area contributed by atoms with E-state index in [-0.39, 0.29) is 12.3 Å². The number of nitrogens with one attached hydrogen (secondary N) is 1. The molecule has 1 N–H and O–H groups in total. The number of benzene rings is 3. The molecule has 0 unspecified atom stereocenters. The van der Waals surface area contributed by atoms with Crippen molar-refractivity contribution in [1.82, 2.24) is 0 Å². The second-order valence-electron chi connectivity index (χ2n) is 7.30. The number of sulfonamides is 1.